The molecule has 13 rings (SSSR count). The summed E-state index contributed by atoms with van der Waals surface area (Å²) in [5.41, 5.74) is 13.9. The van der Waals surface area contributed by atoms with Crippen molar-refractivity contribution < 1.29 is 0 Å². The van der Waals surface area contributed by atoms with Crippen LogP contribution in [0.15, 0.2) is 303 Å². The smallest absolute Gasteiger partial charge is 0.179 e. The van der Waals surface area contributed by atoms with E-state index in [4.69, 9.17) is 0 Å². The monoisotopic (exact) mass is 946 g/mol. The van der Waals surface area contributed by atoms with E-state index < -0.39 is 8.07 Å². The number of anilines is 3. The fourth-order valence-corrected chi connectivity index (χ4v) is 16.2. The molecular weight excluding hydrogens is 897 g/mol. The molecule has 0 atom stereocenters. The van der Waals surface area contributed by atoms with Crippen LogP contribution in [0.5, 0.6) is 0 Å². The molecule has 1 heterocycles. The number of para-hydroxylation sites is 2. The Hall–Kier alpha value is -9.28. The minimum absolute atomic E-state index is 1.08. The Morgan fingerprint density at radius 3 is 1.37 bits per heavy atom. The van der Waals surface area contributed by atoms with Gasteiger partial charge in [-0.15, -0.1) is 0 Å². The van der Waals surface area contributed by atoms with Crippen molar-refractivity contribution in [2.45, 2.75) is 0 Å². The van der Waals surface area contributed by atoms with Gasteiger partial charge >= 0.3 is 0 Å². The molecule has 3 heteroatoms. The Labute approximate surface area is 428 Å². The van der Waals surface area contributed by atoms with Gasteiger partial charge in [-0.3, -0.25) is 0 Å². The largest absolute Gasteiger partial charge is 0.310 e. The van der Waals surface area contributed by atoms with Crippen LogP contribution >= 0.6 is 0 Å². The molecule has 0 amide bonds. The molecule has 0 aliphatic carbocycles. The lowest BCUT2D eigenvalue weighted by atomic mass is 9.95. The van der Waals surface area contributed by atoms with Crippen molar-refractivity contribution in [1.29, 1.82) is 0 Å². The second kappa shape index (κ2) is 18.8. The number of benzene rings is 12. The van der Waals surface area contributed by atoms with Gasteiger partial charge in [-0.25, -0.2) is 0 Å². The van der Waals surface area contributed by atoms with Gasteiger partial charge in [0, 0.05) is 27.8 Å². The summed E-state index contributed by atoms with van der Waals surface area (Å²) in [4.78, 5) is 2.44. The number of aromatic nitrogens is 1. The Balaban J connectivity index is 0.954. The average molecular weight is 947 g/mol. The van der Waals surface area contributed by atoms with Gasteiger partial charge in [0.1, 0.15) is 0 Å². The average Bonchev–Trinajstić information content (AvgIpc) is 3.82. The Morgan fingerprint density at radius 2 is 0.753 bits per heavy atom. The van der Waals surface area contributed by atoms with Gasteiger partial charge < -0.3 is 9.47 Å². The lowest BCUT2D eigenvalue weighted by molar-refractivity contribution is 1.18. The predicted octanol–water partition coefficient (Wildman–Crippen LogP) is 15.8. The quantitative estimate of drug-likeness (QED) is 0.0926. The summed E-state index contributed by atoms with van der Waals surface area (Å²) in [6.07, 6.45) is 0. The topological polar surface area (TPSA) is 8.17 Å². The van der Waals surface area contributed by atoms with E-state index in [0.717, 1.165) is 28.3 Å². The second-order valence-electron chi connectivity index (χ2n) is 18.8. The third-order valence-electron chi connectivity index (χ3n) is 14.7. The maximum atomic E-state index is 2.46. The molecule has 0 N–H and O–H groups in total. The summed E-state index contributed by atoms with van der Waals surface area (Å²) in [7, 11) is -2.72. The van der Waals surface area contributed by atoms with Gasteiger partial charge in [-0.1, -0.05) is 243 Å². The molecule has 0 unspecified atom stereocenters. The molecule has 0 saturated heterocycles. The second-order valence-corrected chi connectivity index (χ2v) is 22.6. The highest BCUT2D eigenvalue weighted by atomic mass is 28.3. The molecule has 0 spiro atoms. The van der Waals surface area contributed by atoms with Crippen LogP contribution < -0.4 is 25.6 Å². The highest BCUT2D eigenvalue weighted by molar-refractivity contribution is 7.19. The Morgan fingerprint density at radius 1 is 0.288 bits per heavy atom. The zero-order valence-electron chi connectivity index (χ0n) is 40.3. The predicted molar refractivity (Wildman–Crippen MR) is 313 cm³/mol. The number of rotatable bonds is 11. The number of nitrogens with zero attached hydrogens (tertiary/aromatic N) is 2. The lowest BCUT2D eigenvalue weighted by Gasteiger charge is -2.34. The third kappa shape index (κ3) is 7.75. The van der Waals surface area contributed by atoms with Crippen LogP contribution in [0.4, 0.5) is 17.1 Å². The van der Waals surface area contributed by atoms with E-state index in [1.165, 1.54) is 81.2 Å². The van der Waals surface area contributed by atoms with Crippen molar-refractivity contribution in [2.75, 3.05) is 4.90 Å². The molecule has 0 bridgehead atoms. The van der Waals surface area contributed by atoms with Crippen molar-refractivity contribution in [3.05, 3.63) is 303 Å². The molecule has 0 radical (unpaired) electrons. The summed E-state index contributed by atoms with van der Waals surface area (Å²) >= 11 is 0. The van der Waals surface area contributed by atoms with E-state index in [2.05, 4.69) is 313 Å². The maximum absolute atomic E-state index is 2.72. The summed E-state index contributed by atoms with van der Waals surface area (Å²) < 4.78 is 2.40. The van der Waals surface area contributed by atoms with Crippen LogP contribution in [-0.4, -0.2) is 12.6 Å². The zero-order chi connectivity index (χ0) is 48.6. The van der Waals surface area contributed by atoms with Crippen LogP contribution in [0.3, 0.4) is 0 Å². The third-order valence-corrected chi connectivity index (χ3v) is 19.5. The standard InChI is InChI=1S/C70H50N2Si/c1-6-21-53(22-7-1)64-35-19-23-54-39-40-56(50-66(54)64)52-43-47-59(48-44-52)71(68-37-20-38-69-70(68)65-34-16-17-36-67(65)72(69)57-25-8-2-9-26-57)58-45-41-51(42-46-58)55-24-18-33-63(49-55)73(60-27-10-3-11-28-60,61-29-12-4-13-30-61)62-31-14-5-15-32-62/h1-50H. The molecule has 0 saturated carbocycles. The van der Waals surface area contributed by atoms with Gasteiger partial charge in [-0.05, 0) is 126 Å². The van der Waals surface area contributed by atoms with Crippen molar-refractivity contribution in [1.82, 2.24) is 4.57 Å². The first-order valence-corrected chi connectivity index (χ1v) is 27.2. The SMILES string of the molecule is c1ccc(-c2cccc3ccc(-c4ccc(N(c5ccc(-c6cccc([Si](c7ccccc7)(c7ccccc7)c7ccccc7)c6)cc5)c5cccc6c5c5ccccc5n6-c5ccccc5)cc4)cc23)cc1. The van der Waals surface area contributed by atoms with Crippen LogP contribution in [-0.2, 0) is 0 Å². The molecule has 2 nitrogen and oxygen atoms in total. The molecule has 0 fully saturated rings. The fraction of sp³-hybridized carbons (Fsp3) is 0. The van der Waals surface area contributed by atoms with Crippen LogP contribution in [0.2, 0.25) is 0 Å². The van der Waals surface area contributed by atoms with Crippen molar-refractivity contribution in [2.24, 2.45) is 0 Å². The Kier molecular flexibility index (Phi) is 11.3. The van der Waals surface area contributed by atoms with Gasteiger partial charge in [0.05, 0.1) is 16.7 Å². The van der Waals surface area contributed by atoms with E-state index >= 15 is 0 Å². The number of hydrogen-bond acceptors (Lipinski definition) is 1. The van der Waals surface area contributed by atoms with Crippen molar-refractivity contribution >= 4 is 78.5 Å². The van der Waals surface area contributed by atoms with Crippen LogP contribution in [0.25, 0.3) is 71.6 Å². The molecule has 73 heavy (non-hydrogen) atoms. The molecular formula is C70H50N2Si. The summed E-state index contributed by atoms with van der Waals surface area (Å²) in [6.45, 7) is 0. The van der Waals surface area contributed by atoms with Crippen LogP contribution in [0.1, 0.15) is 0 Å². The fourth-order valence-electron chi connectivity index (χ4n) is 11.4. The van der Waals surface area contributed by atoms with Gasteiger partial charge in [-0.2, -0.15) is 0 Å². The Bertz CT molecular complexity index is 3940. The number of fused-ring (bicyclic) bond motifs is 4. The maximum Gasteiger partial charge on any atom is 0.179 e. The summed E-state index contributed by atoms with van der Waals surface area (Å²) in [5, 5.41) is 10.3. The lowest BCUT2D eigenvalue weighted by Crippen LogP contribution is -2.74. The molecule has 13 aromatic rings. The first-order valence-electron chi connectivity index (χ1n) is 25.2. The molecule has 0 aliphatic rings. The van der Waals surface area contributed by atoms with E-state index in [9.17, 15) is 0 Å². The van der Waals surface area contributed by atoms with Crippen molar-refractivity contribution in [3.63, 3.8) is 0 Å². The zero-order valence-corrected chi connectivity index (χ0v) is 41.3. The van der Waals surface area contributed by atoms with Gasteiger partial charge in [0.25, 0.3) is 0 Å². The highest BCUT2D eigenvalue weighted by Gasteiger charge is 2.41. The number of hydrogen-bond donors (Lipinski definition) is 0. The summed E-state index contributed by atoms with van der Waals surface area (Å²) in [6, 6.07) is 112. The van der Waals surface area contributed by atoms with Gasteiger partial charge in [0.15, 0.2) is 8.07 Å². The molecule has 1 aromatic heterocycles. The molecule has 12 aromatic carbocycles. The van der Waals surface area contributed by atoms with E-state index in [-0.39, 0.29) is 0 Å². The first kappa shape index (κ1) is 43.7. The van der Waals surface area contributed by atoms with Crippen LogP contribution in [0, 0.1) is 0 Å². The van der Waals surface area contributed by atoms with Crippen molar-refractivity contribution in [3.8, 4) is 39.1 Å². The first-order chi connectivity index (χ1) is 36.2. The normalized spacial score (nSPS) is 11.6. The minimum Gasteiger partial charge on any atom is -0.310 e. The summed E-state index contributed by atoms with van der Waals surface area (Å²) in [5.74, 6) is 0. The highest BCUT2D eigenvalue weighted by Crippen LogP contribution is 2.45. The van der Waals surface area contributed by atoms with E-state index in [1.807, 2.05) is 0 Å². The van der Waals surface area contributed by atoms with E-state index in [0.29, 0.717) is 0 Å². The van der Waals surface area contributed by atoms with Gasteiger partial charge in [0.2, 0.25) is 0 Å². The minimum atomic E-state index is -2.72. The van der Waals surface area contributed by atoms with E-state index in [1.54, 1.807) is 0 Å². The molecule has 0 aliphatic heterocycles. The molecule has 344 valence electrons.